The second-order valence-corrected chi connectivity index (χ2v) is 5.22. The summed E-state index contributed by atoms with van der Waals surface area (Å²) in [5.41, 5.74) is 8.43. The molecule has 19 heavy (non-hydrogen) atoms. The van der Waals surface area contributed by atoms with Crippen LogP contribution in [0.2, 0.25) is 5.02 Å². The molecule has 2 rings (SSSR count). The van der Waals surface area contributed by atoms with Gasteiger partial charge in [-0.05, 0) is 29.7 Å². The third-order valence-electron chi connectivity index (χ3n) is 3.11. The number of carbonyl (C=O) groups is 1. The number of para-hydroxylation sites is 1. The molecule has 0 heterocycles. The largest absolute Gasteiger partial charge is 0.397 e. The van der Waals surface area contributed by atoms with E-state index in [1.54, 1.807) is 24.3 Å². The lowest BCUT2D eigenvalue weighted by Crippen LogP contribution is -2.06. The summed E-state index contributed by atoms with van der Waals surface area (Å²) in [6.07, 6.45) is 0. The van der Waals surface area contributed by atoms with Gasteiger partial charge in [-0.3, -0.25) is 4.79 Å². The summed E-state index contributed by atoms with van der Waals surface area (Å²) in [6.45, 7) is 4.19. The van der Waals surface area contributed by atoms with Gasteiger partial charge in [0.05, 0.1) is 10.7 Å². The zero-order valence-electron chi connectivity index (χ0n) is 11.0. The molecule has 0 aromatic heterocycles. The third kappa shape index (κ3) is 2.79. The number of hydrogen-bond acceptors (Lipinski definition) is 2. The molecule has 2 N–H and O–H groups in total. The van der Waals surface area contributed by atoms with E-state index in [0.29, 0.717) is 27.8 Å². The summed E-state index contributed by atoms with van der Waals surface area (Å²) >= 11 is 5.95. The molecule has 0 radical (unpaired) electrons. The lowest BCUT2D eigenvalue weighted by atomic mass is 9.96. The Balaban J connectivity index is 2.44. The van der Waals surface area contributed by atoms with Crippen molar-refractivity contribution in [1.82, 2.24) is 0 Å². The van der Waals surface area contributed by atoms with Crippen molar-refractivity contribution >= 4 is 23.1 Å². The molecule has 2 aromatic rings. The molecule has 2 nitrogen and oxygen atoms in total. The second-order valence-electron chi connectivity index (χ2n) is 4.81. The fraction of sp³-hybridized carbons (Fsp3) is 0.188. The van der Waals surface area contributed by atoms with Gasteiger partial charge in [-0.25, -0.2) is 0 Å². The van der Waals surface area contributed by atoms with Gasteiger partial charge in [0.15, 0.2) is 5.78 Å². The van der Waals surface area contributed by atoms with Gasteiger partial charge >= 0.3 is 0 Å². The molecule has 0 saturated carbocycles. The molecule has 98 valence electrons. The summed E-state index contributed by atoms with van der Waals surface area (Å²) in [6, 6.07) is 12.7. The van der Waals surface area contributed by atoms with Crippen molar-refractivity contribution < 1.29 is 4.79 Å². The van der Waals surface area contributed by atoms with E-state index in [-0.39, 0.29) is 5.78 Å². The van der Waals surface area contributed by atoms with Crippen LogP contribution in [-0.4, -0.2) is 5.78 Å². The Morgan fingerprint density at radius 1 is 1.16 bits per heavy atom. The average molecular weight is 274 g/mol. The van der Waals surface area contributed by atoms with E-state index >= 15 is 0 Å². The Morgan fingerprint density at radius 2 is 1.84 bits per heavy atom. The van der Waals surface area contributed by atoms with Crippen LogP contribution in [0.4, 0.5) is 5.69 Å². The van der Waals surface area contributed by atoms with Crippen LogP contribution in [0.25, 0.3) is 0 Å². The lowest BCUT2D eigenvalue weighted by Gasteiger charge is -2.09. The van der Waals surface area contributed by atoms with E-state index in [9.17, 15) is 4.79 Å². The fourth-order valence-corrected chi connectivity index (χ4v) is 2.10. The Labute approximate surface area is 118 Å². The van der Waals surface area contributed by atoms with Gasteiger partial charge in [0.1, 0.15) is 0 Å². The standard InChI is InChI=1S/C16H16ClNO/c1-10(2)11-5-3-6-12(9-11)16(19)13-7-4-8-14(17)15(13)18/h3-10H,18H2,1-2H3. The molecule has 0 saturated heterocycles. The molecule has 0 aliphatic rings. The first kappa shape index (κ1) is 13.6. The molecule has 0 bridgehead atoms. The van der Waals surface area contributed by atoms with E-state index in [1.165, 1.54) is 0 Å². The van der Waals surface area contributed by atoms with Gasteiger partial charge in [-0.2, -0.15) is 0 Å². The maximum absolute atomic E-state index is 12.5. The molecule has 0 aliphatic carbocycles. The maximum Gasteiger partial charge on any atom is 0.195 e. The van der Waals surface area contributed by atoms with Crippen molar-refractivity contribution in [1.29, 1.82) is 0 Å². The van der Waals surface area contributed by atoms with Crippen LogP contribution in [0.15, 0.2) is 42.5 Å². The fourth-order valence-electron chi connectivity index (χ4n) is 1.93. The van der Waals surface area contributed by atoms with Crippen LogP contribution >= 0.6 is 11.6 Å². The van der Waals surface area contributed by atoms with Crippen molar-refractivity contribution in [3.8, 4) is 0 Å². The molecule has 0 aliphatic heterocycles. The first-order valence-corrected chi connectivity index (χ1v) is 6.57. The predicted molar refractivity (Wildman–Crippen MR) is 79.8 cm³/mol. The van der Waals surface area contributed by atoms with Gasteiger partial charge in [-0.1, -0.05) is 49.7 Å². The highest BCUT2D eigenvalue weighted by Crippen LogP contribution is 2.25. The zero-order chi connectivity index (χ0) is 14.0. The highest BCUT2D eigenvalue weighted by atomic mass is 35.5. The van der Waals surface area contributed by atoms with E-state index in [0.717, 1.165) is 5.56 Å². The monoisotopic (exact) mass is 273 g/mol. The first-order chi connectivity index (χ1) is 9.00. The average Bonchev–Trinajstić information content (AvgIpc) is 2.41. The second kappa shape index (κ2) is 5.45. The Bertz CT molecular complexity index is 620. The number of nitrogens with two attached hydrogens (primary N) is 1. The molecule has 0 spiro atoms. The van der Waals surface area contributed by atoms with Crippen molar-refractivity contribution in [2.75, 3.05) is 5.73 Å². The predicted octanol–water partition coefficient (Wildman–Crippen LogP) is 4.28. The third-order valence-corrected chi connectivity index (χ3v) is 3.44. The number of anilines is 1. The van der Waals surface area contributed by atoms with Gasteiger partial charge in [0.2, 0.25) is 0 Å². The Kier molecular flexibility index (Phi) is 3.91. The van der Waals surface area contributed by atoms with Gasteiger partial charge in [0, 0.05) is 11.1 Å². The van der Waals surface area contributed by atoms with Gasteiger partial charge in [0.25, 0.3) is 0 Å². The lowest BCUT2D eigenvalue weighted by molar-refractivity contribution is 0.103. The molecular formula is C16H16ClNO. The number of benzene rings is 2. The van der Waals surface area contributed by atoms with Crippen LogP contribution in [0.1, 0.15) is 41.3 Å². The highest BCUT2D eigenvalue weighted by Gasteiger charge is 2.14. The molecule has 2 aromatic carbocycles. The van der Waals surface area contributed by atoms with Crippen molar-refractivity contribution in [2.24, 2.45) is 0 Å². The molecular weight excluding hydrogens is 258 g/mol. The highest BCUT2D eigenvalue weighted by molar-refractivity contribution is 6.34. The summed E-state index contributed by atoms with van der Waals surface area (Å²) in [5.74, 6) is 0.284. The Morgan fingerprint density at radius 3 is 2.53 bits per heavy atom. The van der Waals surface area contributed by atoms with E-state index in [4.69, 9.17) is 17.3 Å². The number of rotatable bonds is 3. The summed E-state index contributed by atoms with van der Waals surface area (Å²) < 4.78 is 0. The van der Waals surface area contributed by atoms with Gasteiger partial charge in [-0.15, -0.1) is 0 Å². The number of hydrogen-bond donors (Lipinski definition) is 1. The smallest absolute Gasteiger partial charge is 0.195 e. The first-order valence-electron chi connectivity index (χ1n) is 6.19. The van der Waals surface area contributed by atoms with Crippen LogP contribution in [-0.2, 0) is 0 Å². The number of halogens is 1. The molecule has 0 atom stereocenters. The minimum Gasteiger partial charge on any atom is -0.397 e. The summed E-state index contributed by atoms with van der Waals surface area (Å²) in [5, 5.41) is 0.408. The topological polar surface area (TPSA) is 43.1 Å². The molecule has 0 fully saturated rings. The number of ketones is 1. The molecule has 3 heteroatoms. The van der Waals surface area contributed by atoms with E-state index in [2.05, 4.69) is 13.8 Å². The molecule has 0 unspecified atom stereocenters. The van der Waals surface area contributed by atoms with Gasteiger partial charge < -0.3 is 5.73 Å². The van der Waals surface area contributed by atoms with Crippen molar-refractivity contribution in [2.45, 2.75) is 19.8 Å². The van der Waals surface area contributed by atoms with Crippen molar-refractivity contribution in [3.05, 3.63) is 64.2 Å². The van der Waals surface area contributed by atoms with Crippen LogP contribution < -0.4 is 5.73 Å². The van der Waals surface area contributed by atoms with E-state index < -0.39 is 0 Å². The van der Waals surface area contributed by atoms with E-state index in [1.807, 2.05) is 18.2 Å². The SMILES string of the molecule is CC(C)c1cccc(C(=O)c2cccc(Cl)c2N)c1. The normalized spacial score (nSPS) is 10.7. The minimum absolute atomic E-state index is 0.0949. The van der Waals surface area contributed by atoms with Crippen molar-refractivity contribution in [3.63, 3.8) is 0 Å². The van der Waals surface area contributed by atoms with Crippen LogP contribution in [0.5, 0.6) is 0 Å². The quantitative estimate of drug-likeness (QED) is 0.670. The maximum atomic E-state index is 12.5. The minimum atomic E-state index is -0.0949. The zero-order valence-corrected chi connectivity index (χ0v) is 11.7. The summed E-state index contributed by atoms with van der Waals surface area (Å²) in [4.78, 5) is 12.5. The summed E-state index contributed by atoms with van der Waals surface area (Å²) in [7, 11) is 0. The number of carbonyl (C=O) groups excluding carboxylic acids is 1. The van der Waals surface area contributed by atoms with Crippen LogP contribution in [0.3, 0.4) is 0 Å². The Hall–Kier alpha value is -1.80. The molecule has 0 amide bonds. The number of nitrogen functional groups attached to an aromatic ring is 1. The van der Waals surface area contributed by atoms with Crippen LogP contribution in [0, 0.1) is 0 Å².